The summed E-state index contributed by atoms with van der Waals surface area (Å²) in [6, 6.07) is 3.82. The van der Waals surface area contributed by atoms with Crippen LogP contribution >= 0.6 is 0 Å². The van der Waals surface area contributed by atoms with Gasteiger partial charge < -0.3 is 15.1 Å². The topological polar surface area (TPSA) is 56.6 Å². The first-order valence-electron chi connectivity index (χ1n) is 6.13. The average molecular weight is 236 g/mol. The van der Waals surface area contributed by atoms with E-state index >= 15 is 0 Å². The van der Waals surface area contributed by atoms with E-state index < -0.39 is 11.7 Å². The molecule has 1 unspecified atom stereocenters. The molecule has 2 rings (SSSR count). The van der Waals surface area contributed by atoms with Crippen molar-refractivity contribution in [3.8, 4) is 0 Å². The molecule has 1 aromatic rings. The minimum atomic E-state index is -0.596. The highest BCUT2D eigenvalue weighted by molar-refractivity contribution is 5.46. The summed E-state index contributed by atoms with van der Waals surface area (Å²) in [5.74, 6) is 0. The van der Waals surface area contributed by atoms with Gasteiger partial charge in [-0.2, -0.15) is 0 Å². The number of hydrogen-bond donors (Lipinski definition) is 2. The lowest BCUT2D eigenvalue weighted by molar-refractivity contribution is 0.0839. The Balaban J connectivity index is 2.09. The van der Waals surface area contributed by atoms with Crippen LogP contribution in [0.25, 0.3) is 0 Å². The van der Waals surface area contributed by atoms with E-state index in [1.54, 1.807) is 6.20 Å². The lowest BCUT2D eigenvalue weighted by atomic mass is 10.1. The molecule has 0 saturated carbocycles. The zero-order chi connectivity index (χ0) is 12.5. The van der Waals surface area contributed by atoms with Gasteiger partial charge in [0.2, 0.25) is 0 Å². The average Bonchev–Trinajstić information content (AvgIpc) is 2.69. The molecule has 0 spiro atoms. The van der Waals surface area contributed by atoms with Crippen molar-refractivity contribution >= 4 is 5.69 Å². The molecule has 1 aliphatic heterocycles. The molecule has 0 amide bonds. The first-order chi connectivity index (χ1) is 8.02. The maximum atomic E-state index is 9.90. The summed E-state index contributed by atoms with van der Waals surface area (Å²) in [6.07, 6.45) is 2.75. The number of rotatable bonds is 3. The third-order valence-corrected chi connectivity index (χ3v) is 3.32. The highest BCUT2D eigenvalue weighted by Crippen LogP contribution is 2.26. The van der Waals surface area contributed by atoms with Crippen LogP contribution in [-0.2, 0) is 0 Å². The SMILES string of the molecule is CC[C@@H](O)c1ccc(N2CCC(C)(O)C2)cn1. The summed E-state index contributed by atoms with van der Waals surface area (Å²) in [4.78, 5) is 6.39. The van der Waals surface area contributed by atoms with Crippen LogP contribution in [0.1, 0.15) is 38.5 Å². The zero-order valence-electron chi connectivity index (χ0n) is 10.4. The Morgan fingerprint density at radius 2 is 2.29 bits per heavy atom. The summed E-state index contributed by atoms with van der Waals surface area (Å²) in [6.45, 7) is 5.28. The second-order valence-corrected chi connectivity index (χ2v) is 5.03. The van der Waals surface area contributed by atoms with Crippen molar-refractivity contribution in [2.24, 2.45) is 0 Å². The molecular weight excluding hydrogens is 216 g/mol. The molecule has 4 nitrogen and oxygen atoms in total. The van der Waals surface area contributed by atoms with Crippen molar-refractivity contribution < 1.29 is 10.2 Å². The number of aliphatic hydroxyl groups is 2. The Morgan fingerprint density at radius 3 is 2.76 bits per heavy atom. The number of anilines is 1. The maximum Gasteiger partial charge on any atom is 0.0957 e. The zero-order valence-corrected chi connectivity index (χ0v) is 10.4. The minimum Gasteiger partial charge on any atom is -0.388 e. The smallest absolute Gasteiger partial charge is 0.0957 e. The van der Waals surface area contributed by atoms with Crippen LogP contribution in [0.2, 0.25) is 0 Å². The number of pyridine rings is 1. The molecule has 4 heteroatoms. The van der Waals surface area contributed by atoms with Crippen LogP contribution in [0.15, 0.2) is 18.3 Å². The number of hydrogen-bond acceptors (Lipinski definition) is 4. The van der Waals surface area contributed by atoms with Gasteiger partial charge in [0.1, 0.15) is 0 Å². The van der Waals surface area contributed by atoms with Crippen molar-refractivity contribution in [1.29, 1.82) is 0 Å². The number of β-amino-alcohol motifs (C(OH)–C–C–N with tert-alkyl or cyclic N) is 1. The van der Waals surface area contributed by atoms with Gasteiger partial charge in [0, 0.05) is 13.1 Å². The van der Waals surface area contributed by atoms with Gasteiger partial charge in [0.05, 0.1) is 29.3 Å². The summed E-state index contributed by atoms with van der Waals surface area (Å²) in [7, 11) is 0. The highest BCUT2D eigenvalue weighted by Gasteiger charge is 2.31. The second kappa shape index (κ2) is 4.63. The number of aliphatic hydroxyl groups excluding tert-OH is 1. The predicted octanol–water partition coefficient (Wildman–Crippen LogP) is 1.49. The molecule has 0 aromatic carbocycles. The van der Waals surface area contributed by atoms with E-state index in [4.69, 9.17) is 0 Å². The van der Waals surface area contributed by atoms with E-state index in [1.165, 1.54) is 0 Å². The van der Waals surface area contributed by atoms with Crippen LogP contribution in [0.5, 0.6) is 0 Å². The number of nitrogens with zero attached hydrogens (tertiary/aromatic N) is 2. The van der Waals surface area contributed by atoms with Crippen LogP contribution in [0.3, 0.4) is 0 Å². The largest absolute Gasteiger partial charge is 0.388 e. The first kappa shape index (κ1) is 12.3. The molecule has 2 atom stereocenters. The van der Waals surface area contributed by atoms with Gasteiger partial charge in [0.15, 0.2) is 0 Å². The van der Waals surface area contributed by atoms with Crippen LogP contribution in [-0.4, -0.2) is 33.9 Å². The lowest BCUT2D eigenvalue weighted by Gasteiger charge is -2.20. The molecule has 2 N–H and O–H groups in total. The molecule has 1 aromatic heterocycles. The van der Waals surface area contributed by atoms with Gasteiger partial charge in [-0.05, 0) is 31.9 Å². The summed E-state index contributed by atoms with van der Waals surface area (Å²) >= 11 is 0. The van der Waals surface area contributed by atoms with Gasteiger partial charge in [-0.25, -0.2) is 0 Å². The molecule has 1 aliphatic rings. The van der Waals surface area contributed by atoms with E-state index in [0.29, 0.717) is 18.7 Å². The second-order valence-electron chi connectivity index (χ2n) is 5.03. The van der Waals surface area contributed by atoms with Gasteiger partial charge in [-0.1, -0.05) is 6.92 Å². The number of aromatic nitrogens is 1. The lowest BCUT2D eigenvalue weighted by Crippen LogP contribution is -2.29. The van der Waals surface area contributed by atoms with Crippen molar-refractivity contribution in [1.82, 2.24) is 4.98 Å². The van der Waals surface area contributed by atoms with E-state index in [-0.39, 0.29) is 0 Å². The molecular formula is C13H20N2O2. The minimum absolute atomic E-state index is 0.481. The Morgan fingerprint density at radius 1 is 1.53 bits per heavy atom. The molecule has 0 radical (unpaired) electrons. The Hall–Kier alpha value is -1.13. The third-order valence-electron chi connectivity index (χ3n) is 3.32. The Labute approximate surface area is 102 Å². The van der Waals surface area contributed by atoms with E-state index in [9.17, 15) is 10.2 Å². The normalized spacial score (nSPS) is 26.2. The quantitative estimate of drug-likeness (QED) is 0.834. The van der Waals surface area contributed by atoms with Crippen molar-refractivity contribution in [3.05, 3.63) is 24.0 Å². The molecule has 94 valence electrons. The summed E-state index contributed by atoms with van der Waals surface area (Å²) in [5.41, 5.74) is 1.12. The van der Waals surface area contributed by atoms with Crippen LogP contribution < -0.4 is 4.90 Å². The van der Waals surface area contributed by atoms with E-state index in [1.807, 2.05) is 26.0 Å². The molecule has 1 saturated heterocycles. The van der Waals surface area contributed by atoms with Gasteiger partial charge in [-0.3, -0.25) is 4.98 Å². The van der Waals surface area contributed by atoms with Crippen LogP contribution in [0.4, 0.5) is 5.69 Å². The fourth-order valence-electron chi connectivity index (χ4n) is 2.16. The third kappa shape index (κ3) is 2.76. The van der Waals surface area contributed by atoms with E-state index in [2.05, 4.69) is 9.88 Å². The Kier molecular flexibility index (Phi) is 3.35. The van der Waals surface area contributed by atoms with Crippen molar-refractivity contribution in [2.45, 2.75) is 38.4 Å². The first-order valence-corrected chi connectivity index (χ1v) is 6.13. The van der Waals surface area contributed by atoms with E-state index in [0.717, 1.165) is 18.7 Å². The highest BCUT2D eigenvalue weighted by atomic mass is 16.3. The molecule has 2 heterocycles. The predicted molar refractivity (Wildman–Crippen MR) is 66.9 cm³/mol. The van der Waals surface area contributed by atoms with Gasteiger partial charge in [0.25, 0.3) is 0 Å². The molecule has 17 heavy (non-hydrogen) atoms. The van der Waals surface area contributed by atoms with Crippen LogP contribution in [0, 0.1) is 0 Å². The van der Waals surface area contributed by atoms with Crippen molar-refractivity contribution in [2.75, 3.05) is 18.0 Å². The van der Waals surface area contributed by atoms with Crippen molar-refractivity contribution in [3.63, 3.8) is 0 Å². The fraction of sp³-hybridized carbons (Fsp3) is 0.615. The fourth-order valence-corrected chi connectivity index (χ4v) is 2.16. The summed E-state index contributed by atoms with van der Waals surface area (Å²) < 4.78 is 0. The molecule has 1 fully saturated rings. The molecule has 0 bridgehead atoms. The Bertz CT molecular complexity index is 376. The van der Waals surface area contributed by atoms with Gasteiger partial charge >= 0.3 is 0 Å². The molecule has 0 aliphatic carbocycles. The van der Waals surface area contributed by atoms with Gasteiger partial charge in [-0.15, -0.1) is 0 Å². The summed E-state index contributed by atoms with van der Waals surface area (Å²) in [5, 5.41) is 19.6. The standard InChI is InChI=1S/C13H20N2O2/c1-3-12(16)11-5-4-10(8-14-11)15-7-6-13(2,17)9-15/h4-5,8,12,16-17H,3,6-7,9H2,1-2H3/t12-,13?/m1/s1. The monoisotopic (exact) mass is 236 g/mol. The maximum absolute atomic E-state index is 9.90.